The fourth-order valence-corrected chi connectivity index (χ4v) is 2.14. The summed E-state index contributed by atoms with van der Waals surface area (Å²) in [5.74, 6) is 0.918. The highest BCUT2D eigenvalue weighted by Crippen LogP contribution is 2.20. The summed E-state index contributed by atoms with van der Waals surface area (Å²) in [7, 11) is 0. The molecule has 1 atom stereocenters. The van der Waals surface area contributed by atoms with Gasteiger partial charge in [-0.2, -0.15) is 0 Å². The maximum absolute atomic E-state index is 6.26. The quantitative estimate of drug-likeness (QED) is 0.776. The van der Waals surface area contributed by atoms with Crippen LogP contribution in [0, 0.1) is 0 Å². The van der Waals surface area contributed by atoms with E-state index in [9.17, 15) is 0 Å². The maximum Gasteiger partial charge on any atom is 0.126 e. The number of rotatable bonds is 8. The van der Waals surface area contributed by atoms with Crippen molar-refractivity contribution in [3.8, 4) is 0 Å². The summed E-state index contributed by atoms with van der Waals surface area (Å²) < 4.78 is 0. The summed E-state index contributed by atoms with van der Waals surface area (Å²) in [6.07, 6.45) is 2.23. The summed E-state index contributed by atoms with van der Waals surface area (Å²) >= 11 is 6.26. The SMILES string of the molecule is CCCNc1ccc(Cl)c(CN(CC)C(C)CC)n1. The molecule has 0 bridgehead atoms. The van der Waals surface area contributed by atoms with Crippen LogP contribution in [0.25, 0.3) is 0 Å². The van der Waals surface area contributed by atoms with E-state index < -0.39 is 0 Å². The number of anilines is 1. The van der Waals surface area contributed by atoms with Crippen LogP contribution in [-0.4, -0.2) is 29.0 Å². The molecule has 0 saturated heterocycles. The fraction of sp³-hybridized carbons (Fsp3) is 0.667. The van der Waals surface area contributed by atoms with Crippen LogP contribution in [0.4, 0.5) is 5.82 Å². The van der Waals surface area contributed by atoms with Crippen molar-refractivity contribution in [2.45, 2.75) is 53.1 Å². The summed E-state index contributed by atoms with van der Waals surface area (Å²) in [5, 5.41) is 4.06. The van der Waals surface area contributed by atoms with E-state index >= 15 is 0 Å². The molecule has 0 fully saturated rings. The molecule has 0 spiro atoms. The molecule has 0 aliphatic rings. The van der Waals surface area contributed by atoms with Crippen LogP contribution in [-0.2, 0) is 6.54 Å². The largest absolute Gasteiger partial charge is 0.370 e. The van der Waals surface area contributed by atoms with Gasteiger partial charge >= 0.3 is 0 Å². The first-order valence-corrected chi connectivity index (χ1v) is 7.63. The average Bonchev–Trinajstić information content (AvgIpc) is 2.44. The Labute approximate surface area is 122 Å². The van der Waals surface area contributed by atoms with Gasteiger partial charge in [-0.3, -0.25) is 4.90 Å². The van der Waals surface area contributed by atoms with Crippen LogP contribution in [0.1, 0.15) is 46.2 Å². The van der Waals surface area contributed by atoms with Gasteiger partial charge < -0.3 is 5.32 Å². The summed E-state index contributed by atoms with van der Waals surface area (Å²) in [6.45, 7) is 11.5. The van der Waals surface area contributed by atoms with E-state index in [1.807, 2.05) is 12.1 Å². The van der Waals surface area contributed by atoms with Gasteiger partial charge in [0.1, 0.15) is 5.82 Å². The van der Waals surface area contributed by atoms with Gasteiger partial charge in [-0.1, -0.05) is 32.4 Å². The molecule has 1 rings (SSSR count). The van der Waals surface area contributed by atoms with Crippen molar-refractivity contribution in [1.82, 2.24) is 9.88 Å². The molecule has 1 unspecified atom stereocenters. The van der Waals surface area contributed by atoms with E-state index in [4.69, 9.17) is 11.6 Å². The van der Waals surface area contributed by atoms with Gasteiger partial charge in [-0.15, -0.1) is 0 Å². The Morgan fingerprint density at radius 1 is 1.32 bits per heavy atom. The molecule has 0 aromatic carbocycles. The van der Waals surface area contributed by atoms with Crippen molar-refractivity contribution in [3.05, 3.63) is 22.8 Å². The Bertz CT molecular complexity index is 382. The molecule has 0 aliphatic heterocycles. The Kier molecular flexibility index (Phi) is 7.17. The smallest absolute Gasteiger partial charge is 0.126 e. The number of nitrogens with one attached hydrogen (secondary N) is 1. The first-order valence-electron chi connectivity index (χ1n) is 7.25. The van der Waals surface area contributed by atoms with E-state index in [1.54, 1.807) is 0 Å². The maximum atomic E-state index is 6.26. The molecule has 1 N–H and O–H groups in total. The molecule has 0 aliphatic carbocycles. The highest BCUT2D eigenvalue weighted by atomic mass is 35.5. The van der Waals surface area contributed by atoms with Crippen LogP contribution < -0.4 is 5.32 Å². The second-order valence-electron chi connectivity index (χ2n) is 4.87. The molecule has 1 heterocycles. The average molecular weight is 284 g/mol. The van der Waals surface area contributed by atoms with Crippen molar-refractivity contribution < 1.29 is 0 Å². The molecule has 1 aromatic rings. The van der Waals surface area contributed by atoms with Gasteiger partial charge in [0.2, 0.25) is 0 Å². The molecule has 0 amide bonds. The van der Waals surface area contributed by atoms with Crippen LogP contribution in [0.5, 0.6) is 0 Å². The lowest BCUT2D eigenvalue weighted by Gasteiger charge is -2.27. The highest BCUT2D eigenvalue weighted by molar-refractivity contribution is 6.31. The lowest BCUT2D eigenvalue weighted by Crippen LogP contribution is -2.32. The highest BCUT2D eigenvalue weighted by Gasteiger charge is 2.13. The molecular weight excluding hydrogens is 258 g/mol. The zero-order valence-electron chi connectivity index (χ0n) is 12.5. The second-order valence-corrected chi connectivity index (χ2v) is 5.28. The van der Waals surface area contributed by atoms with Crippen LogP contribution >= 0.6 is 11.6 Å². The van der Waals surface area contributed by atoms with E-state index in [1.165, 1.54) is 0 Å². The Morgan fingerprint density at radius 3 is 2.63 bits per heavy atom. The lowest BCUT2D eigenvalue weighted by atomic mass is 10.2. The molecular formula is C15H26ClN3. The van der Waals surface area contributed by atoms with E-state index in [2.05, 4.69) is 42.9 Å². The minimum absolute atomic E-state index is 0.551. The molecule has 19 heavy (non-hydrogen) atoms. The number of nitrogens with zero attached hydrogens (tertiary/aromatic N) is 2. The number of halogens is 1. The van der Waals surface area contributed by atoms with Crippen molar-refractivity contribution in [3.63, 3.8) is 0 Å². The number of pyridine rings is 1. The first kappa shape index (κ1) is 16.3. The topological polar surface area (TPSA) is 28.2 Å². The van der Waals surface area contributed by atoms with Crippen LogP contribution in [0.3, 0.4) is 0 Å². The molecule has 3 nitrogen and oxygen atoms in total. The Morgan fingerprint density at radius 2 is 2.05 bits per heavy atom. The molecule has 108 valence electrons. The van der Waals surface area contributed by atoms with Crippen molar-refractivity contribution in [2.75, 3.05) is 18.4 Å². The number of hydrogen-bond acceptors (Lipinski definition) is 3. The minimum Gasteiger partial charge on any atom is -0.370 e. The van der Waals surface area contributed by atoms with E-state index in [0.717, 1.165) is 49.0 Å². The summed E-state index contributed by atoms with van der Waals surface area (Å²) in [5.41, 5.74) is 0.963. The monoisotopic (exact) mass is 283 g/mol. The van der Waals surface area contributed by atoms with Crippen molar-refractivity contribution in [2.24, 2.45) is 0 Å². The van der Waals surface area contributed by atoms with Gasteiger partial charge in [0, 0.05) is 19.1 Å². The minimum atomic E-state index is 0.551. The first-order chi connectivity index (χ1) is 9.12. The van der Waals surface area contributed by atoms with Crippen LogP contribution in [0.15, 0.2) is 12.1 Å². The lowest BCUT2D eigenvalue weighted by molar-refractivity contribution is 0.204. The Hall–Kier alpha value is -0.800. The molecule has 4 heteroatoms. The molecule has 0 radical (unpaired) electrons. The zero-order chi connectivity index (χ0) is 14.3. The van der Waals surface area contributed by atoms with Gasteiger partial charge in [-0.05, 0) is 38.4 Å². The third-order valence-corrected chi connectivity index (χ3v) is 3.79. The number of hydrogen-bond donors (Lipinski definition) is 1. The van der Waals surface area contributed by atoms with Gasteiger partial charge in [-0.25, -0.2) is 4.98 Å². The second kappa shape index (κ2) is 8.39. The van der Waals surface area contributed by atoms with E-state index in [-0.39, 0.29) is 0 Å². The predicted molar refractivity (Wildman–Crippen MR) is 83.9 cm³/mol. The van der Waals surface area contributed by atoms with Crippen LogP contribution in [0.2, 0.25) is 5.02 Å². The third kappa shape index (κ3) is 5.00. The fourth-order valence-electron chi connectivity index (χ4n) is 1.98. The molecule has 0 saturated carbocycles. The summed E-state index contributed by atoms with van der Waals surface area (Å²) in [4.78, 5) is 7.03. The zero-order valence-corrected chi connectivity index (χ0v) is 13.3. The third-order valence-electron chi connectivity index (χ3n) is 3.45. The van der Waals surface area contributed by atoms with Crippen molar-refractivity contribution >= 4 is 17.4 Å². The summed E-state index contributed by atoms with van der Waals surface area (Å²) in [6, 6.07) is 4.43. The van der Waals surface area contributed by atoms with Gasteiger partial charge in [0.25, 0.3) is 0 Å². The van der Waals surface area contributed by atoms with Gasteiger partial charge in [0.05, 0.1) is 10.7 Å². The van der Waals surface area contributed by atoms with E-state index in [0.29, 0.717) is 6.04 Å². The normalized spacial score (nSPS) is 12.7. The van der Waals surface area contributed by atoms with Crippen molar-refractivity contribution in [1.29, 1.82) is 0 Å². The molecule has 1 aromatic heterocycles. The Balaban J connectivity index is 2.80. The number of aromatic nitrogens is 1. The van der Waals surface area contributed by atoms with Gasteiger partial charge in [0.15, 0.2) is 0 Å². The standard InChI is InChI=1S/C15H26ClN3/c1-5-10-17-15-9-8-13(16)14(18-15)11-19(7-3)12(4)6-2/h8-9,12H,5-7,10-11H2,1-4H3,(H,17,18). The predicted octanol–water partition coefficient (Wildman–Crippen LogP) is 4.18.